The molecule has 0 aliphatic heterocycles. The lowest BCUT2D eigenvalue weighted by molar-refractivity contribution is 0.585. The fourth-order valence-electron chi connectivity index (χ4n) is 3.48. The van der Waals surface area contributed by atoms with E-state index in [1.54, 1.807) is 41.3 Å². The van der Waals surface area contributed by atoms with Crippen molar-refractivity contribution in [3.8, 4) is 0 Å². The number of aromatic nitrogens is 4. The summed E-state index contributed by atoms with van der Waals surface area (Å²) in [6.07, 6.45) is 3.33. The second kappa shape index (κ2) is 10.3. The first kappa shape index (κ1) is 24.5. The molecule has 0 aliphatic rings. The Hall–Kier alpha value is -2.65. The molecule has 0 amide bonds. The number of hydrogen-bond acceptors (Lipinski definition) is 3. The molecule has 2 heterocycles. The smallest absolute Gasteiger partial charge is 0.175 e. The van der Waals surface area contributed by atoms with Gasteiger partial charge in [-0.25, -0.2) is 4.39 Å². The number of rotatable bonds is 6. The van der Waals surface area contributed by atoms with Gasteiger partial charge in [-0.1, -0.05) is 46.9 Å². The van der Waals surface area contributed by atoms with E-state index in [2.05, 4.69) is 20.8 Å². The molecule has 0 bridgehead atoms. The Kier molecular flexibility index (Phi) is 7.42. The second-order valence-corrected chi connectivity index (χ2v) is 9.30. The lowest BCUT2D eigenvalue weighted by Crippen LogP contribution is -2.19. The Morgan fingerprint density at radius 3 is 2.59 bits per heavy atom. The van der Waals surface area contributed by atoms with Crippen molar-refractivity contribution in [3.05, 3.63) is 92.2 Å². The van der Waals surface area contributed by atoms with Crippen LogP contribution in [0.25, 0.3) is 0 Å². The van der Waals surface area contributed by atoms with Crippen LogP contribution in [0.5, 0.6) is 0 Å². The molecule has 4 rings (SSSR count). The zero-order chi connectivity index (χ0) is 24.4. The van der Waals surface area contributed by atoms with Gasteiger partial charge in [0.25, 0.3) is 0 Å². The van der Waals surface area contributed by atoms with E-state index < -0.39 is 0 Å². The molecule has 2 aromatic carbocycles. The summed E-state index contributed by atoms with van der Waals surface area (Å²) in [6.45, 7) is 4.54. The first-order valence-corrected chi connectivity index (χ1v) is 11.8. The third-order valence-corrected chi connectivity index (χ3v) is 6.37. The topological polar surface area (TPSA) is 59.7 Å². The quantitative estimate of drug-likeness (QED) is 0.268. The molecule has 0 atom stereocenters. The van der Waals surface area contributed by atoms with E-state index in [4.69, 9.17) is 47.0 Å². The average molecular weight is 538 g/mol. The summed E-state index contributed by atoms with van der Waals surface area (Å²) >= 11 is 23.9. The SMILES string of the molecule is Cc1nn(Cc2ccc(Cl)cc2Cl)c(C)c1NC(=S)Nc1cnn(Cc2c(F)cccc2Cl)c1. The van der Waals surface area contributed by atoms with Gasteiger partial charge in [0.2, 0.25) is 0 Å². The molecule has 4 aromatic rings. The number of nitrogens with zero attached hydrogens (tertiary/aromatic N) is 4. The Morgan fingerprint density at radius 2 is 1.85 bits per heavy atom. The van der Waals surface area contributed by atoms with Crippen LogP contribution in [0.3, 0.4) is 0 Å². The van der Waals surface area contributed by atoms with E-state index in [0.717, 1.165) is 22.6 Å². The highest BCUT2D eigenvalue weighted by Gasteiger charge is 2.15. The molecule has 2 N–H and O–H groups in total. The van der Waals surface area contributed by atoms with Crippen molar-refractivity contribution in [2.24, 2.45) is 0 Å². The fraction of sp³-hybridized carbons (Fsp3) is 0.174. The van der Waals surface area contributed by atoms with Gasteiger partial charge in [0.15, 0.2) is 5.11 Å². The molecule has 6 nitrogen and oxygen atoms in total. The Balaban J connectivity index is 1.43. The van der Waals surface area contributed by atoms with Crippen molar-refractivity contribution in [1.29, 1.82) is 0 Å². The number of hydrogen-bond donors (Lipinski definition) is 2. The van der Waals surface area contributed by atoms with Gasteiger partial charge < -0.3 is 10.6 Å². The van der Waals surface area contributed by atoms with E-state index in [0.29, 0.717) is 38.0 Å². The first-order valence-electron chi connectivity index (χ1n) is 10.2. The van der Waals surface area contributed by atoms with Gasteiger partial charge in [-0.05, 0) is 55.9 Å². The van der Waals surface area contributed by atoms with E-state index in [1.165, 1.54) is 6.07 Å². The molecule has 11 heteroatoms. The van der Waals surface area contributed by atoms with Crippen LogP contribution in [0.4, 0.5) is 15.8 Å². The summed E-state index contributed by atoms with van der Waals surface area (Å²) in [4.78, 5) is 0. The summed E-state index contributed by atoms with van der Waals surface area (Å²) in [5.41, 5.74) is 4.42. The molecule has 34 heavy (non-hydrogen) atoms. The molecule has 0 radical (unpaired) electrons. The number of aryl methyl sites for hydroxylation is 1. The van der Waals surface area contributed by atoms with Crippen LogP contribution >= 0.6 is 47.0 Å². The highest BCUT2D eigenvalue weighted by molar-refractivity contribution is 7.80. The van der Waals surface area contributed by atoms with Crippen LogP contribution in [0.1, 0.15) is 22.5 Å². The maximum Gasteiger partial charge on any atom is 0.175 e. The predicted octanol–water partition coefficient (Wildman–Crippen LogP) is 6.70. The minimum atomic E-state index is -0.377. The number of anilines is 2. The van der Waals surface area contributed by atoms with E-state index in [9.17, 15) is 4.39 Å². The van der Waals surface area contributed by atoms with Gasteiger partial charge in [0.05, 0.1) is 42.0 Å². The third kappa shape index (κ3) is 5.52. The highest BCUT2D eigenvalue weighted by Crippen LogP contribution is 2.25. The standard InChI is InChI=1S/C23H20Cl3FN6S/c1-13-22(14(2)33(31-13)10-15-6-7-16(24)8-20(15)26)30-23(34)29-17-9-28-32(11-17)12-18-19(25)4-3-5-21(18)27/h3-9,11H,10,12H2,1-2H3,(H2,29,30,34). The Morgan fingerprint density at radius 1 is 1.06 bits per heavy atom. The first-order chi connectivity index (χ1) is 16.2. The van der Waals surface area contributed by atoms with E-state index >= 15 is 0 Å². The van der Waals surface area contributed by atoms with E-state index in [1.807, 2.05) is 24.6 Å². The van der Waals surface area contributed by atoms with Crippen LogP contribution in [0.15, 0.2) is 48.8 Å². The molecule has 0 aliphatic carbocycles. The molecule has 0 saturated carbocycles. The maximum atomic E-state index is 14.1. The Bertz CT molecular complexity index is 1350. The van der Waals surface area contributed by atoms with Gasteiger partial charge in [-0.15, -0.1) is 0 Å². The Labute approximate surface area is 216 Å². The average Bonchev–Trinajstić information content (AvgIpc) is 3.32. The molecule has 0 unspecified atom stereocenters. The zero-order valence-electron chi connectivity index (χ0n) is 18.2. The van der Waals surface area contributed by atoms with Gasteiger partial charge >= 0.3 is 0 Å². The minimum absolute atomic E-state index is 0.200. The van der Waals surface area contributed by atoms with E-state index in [-0.39, 0.29) is 12.4 Å². The zero-order valence-corrected chi connectivity index (χ0v) is 21.3. The van der Waals surface area contributed by atoms with Crippen LogP contribution in [0.2, 0.25) is 15.1 Å². The number of nitrogens with one attached hydrogen (secondary N) is 2. The third-order valence-electron chi connectivity index (χ3n) is 5.23. The van der Waals surface area contributed by atoms with Gasteiger partial charge in [-0.3, -0.25) is 9.36 Å². The van der Waals surface area contributed by atoms with Crippen LogP contribution in [-0.2, 0) is 13.1 Å². The molecule has 0 saturated heterocycles. The van der Waals surface area contributed by atoms with Crippen molar-refractivity contribution < 1.29 is 4.39 Å². The summed E-state index contributed by atoms with van der Waals surface area (Å²) < 4.78 is 17.5. The normalized spacial score (nSPS) is 11.0. The molecule has 176 valence electrons. The van der Waals surface area contributed by atoms with Crippen molar-refractivity contribution in [3.63, 3.8) is 0 Å². The summed E-state index contributed by atoms with van der Waals surface area (Å²) in [6, 6.07) is 9.97. The van der Waals surface area contributed by atoms with Gasteiger partial charge in [0, 0.05) is 26.8 Å². The lowest BCUT2D eigenvalue weighted by Gasteiger charge is -2.11. The molecule has 0 fully saturated rings. The van der Waals surface area contributed by atoms with Gasteiger partial charge in [0.1, 0.15) is 5.82 Å². The maximum absolute atomic E-state index is 14.1. The molecule has 2 aromatic heterocycles. The minimum Gasteiger partial charge on any atom is -0.330 e. The predicted molar refractivity (Wildman–Crippen MR) is 140 cm³/mol. The summed E-state index contributed by atoms with van der Waals surface area (Å²) in [5.74, 6) is -0.377. The number of thiocarbonyl (C=S) groups is 1. The molecule has 0 spiro atoms. The summed E-state index contributed by atoms with van der Waals surface area (Å²) in [7, 11) is 0. The molecular formula is C23H20Cl3FN6S. The largest absolute Gasteiger partial charge is 0.330 e. The number of benzene rings is 2. The van der Waals surface area contributed by atoms with Crippen LogP contribution in [0, 0.1) is 19.7 Å². The lowest BCUT2D eigenvalue weighted by atomic mass is 10.2. The van der Waals surface area contributed by atoms with Crippen molar-refractivity contribution in [2.75, 3.05) is 10.6 Å². The van der Waals surface area contributed by atoms with Crippen molar-refractivity contribution in [2.45, 2.75) is 26.9 Å². The summed E-state index contributed by atoms with van der Waals surface area (Å²) in [5, 5.41) is 17.0. The van der Waals surface area contributed by atoms with Crippen LogP contribution in [-0.4, -0.2) is 24.7 Å². The van der Waals surface area contributed by atoms with Crippen molar-refractivity contribution >= 4 is 63.5 Å². The van der Waals surface area contributed by atoms with Crippen molar-refractivity contribution in [1.82, 2.24) is 19.6 Å². The monoisotopic (exact) mass is 536 g/mol. The highest BCUT2D eigenvalue weighted by atomic mass is 35.5. The number of halogens is 4. The van der Waals surface area contributed by atoms with Crippen LogP contribution < -0.4 is 10.6 Å². The molecular weight excluding hydrogens is 518 g/mol. The fourth-order valence-corrected chi connectivity index (χ4v) is 4.39. The van der Waals surface area contributed by atoms with Gasteiger partial charge in [-0.2, -0.15) is 10.2 Å². The second-order valence-electron chi connectivity index (χ2n) is 7.65.